The summed E-state index contributed by atoms with van der Waals surface area (Å²) in [5.41, 5.74) is 0.421. The summed E-state index contributed by atoms with van der Waals surface area (Å²) in [6.45, 7) is 4.92. The van der Waals surface area contributed by atoms with Gasteiger partial charge in [0.2, 0.25) is 0 Å². The first-order valence-electron chi connectivity index (χ1n) is 6.60. The van der Waals surface area contributed by atoms with Crippen LogP contribution in [0.2, 0.25) is 0 Å². The van der Waals surface area contributed by atoms with Gasteiger partial charge in [-0.3, -0.25) is 0 Å². The number of ether oxygens (including phenoxy) is 1. The molecule has 0 spiro atoms. The Hall–Kier alpha value is -1.02. The van der Waals surface area contributed by atoms with E-state index in [0.29, 0.717) is 6.61 Å². The van der Waals surface area contributed by atoms with Crippen molar-refractivity contribution in [2.75, 3.05) is 6.61 Å². The van der Waals surface area contributed by atoms with Gasteiger partial charge in [0.05, 0.1) is 12.2 Å². The quantitative estimate of drug-likeness (QED) is 0.867. The maximum Gasteiger partial charge on any atom is 0.119 e. The molecule has 0 aliphatic heterocycles. The van der Waals surface area contributed by atoms with Crippen LogP contribution >= 0.6 is 0 Å². The lowest BCUT2D eigenvalue weighted by Gasteiger charge is -2.35. The van der Waals surface area contributed by atoms with Gasteiger partial charge in [-0.1, -0.05) is 19.1 Å². The zero-order chi connectivity index (χ0) is 12.3. The molecule has 0 amide bonds. The maximum atomic E-state index is 10.6. The van der Waals surface area contributed by atoms with Crippen molar-refractivity contribution >= 4 is 0 Å². The highest BCUT2D eigenvalue weighted by atomic mass is 16.5. The number of hydrogen-bond acceptors (Lipinski definition) is 2. The fourth-order valence-electron chi connectivity index (χ4n) is 2.56. The molecule has 2 heteroatoms. The molecular weight excluding hydrogens is 212 g/mol. The van der Waals surface area contributed by atoms with Gasteiger partial charge in [0.1, 0.15) is 5.75 Å². The third-order valence-corrected chi connectivity index (χ3v) is 3.80. The van der Waals surface area contributed by atoms with Crippen molar-refractivity contribution in [3.05, 3.63) is 29.8 Å². The Morgan fingerprint density at radius 3 is 2.35 bits per heavy atom. The second-order valence-electron chi connectivity index (χ2n) is 5.17. The first kappa shape index (κ1) is 12.4. The molecule has 1 N–H and O–H groups in total. The molecule has 1 saturated carbocycles. The van der Waals surface area contributed by atoms with Gasteiger partial charge in [-0.25, -0.2) is 0 Å². The molecule has 0 heterocycles. The van der Waals surface area contributed by atoms with Gasteiger partial charge in [-0.05, 0) is 56.2 Å². The minimum Gasteiger partial charge on any atom is -0.494 e. The lowest BCUT2D eigenvalue weighted by molar-refractivity contribution is -0.0120. The molecule has 1 aliphatic carbocycles. The minimum atomic E-state index is -0.614. The Labute approximate surface area is 104 Å². The second kappa shape index (κ2) is 5.09. The van der Waals surface area contributed by atoms with Crippen molar-refractivity contribution in [3.63, 3.8) is 0 Å². The summed E-state index contributed by atoms with van der Waals surface area (Å²) in [6.07, 6.45) is 3.98. The zero-order valence-electron chi connectivity index (χ0n) is 10.8. The summed E-state index contributed by atoms with van der Waals surface area (Å²) in [7, 11) is 0. The molecule has 0 unspecified atom stereocenters. The lowest BCUT2D eigenvalue weighted by Crippen LogP contribution is -2.30. The lowest BCUT2D eigenvalue weighted by atomic mass is 9.76. The molecule has 0 bridgehead atoms. The fraction of sp³-hybridized carbons (Fsp3) is 0.600. The van der Waals surface area contributed by atoms with Gasteiger partial charge in [0.15, 0.2) is 0 Å². The highest BCUT2D eigenvalue weighted by Crippen LogP contribution is 2.39. The second-order valence-corrected chi connectivity index (χ2v) is 5.17. The highest BCUT2D eigenvalue weighted by Gasteiger charge is 2.33. The molecule has 0 saturated heterocycles. The third-order valence-electron chi connectivity index (χ3n) is 3.80. The SMILES string of the molecule is CCOc1ccc(C2(O)CCC(C)CC2)cc1. The molecule has 1 aliphatic rings. The first-order chi connectivity index (χ1) is 8.14. The molecule has 17 heavy (non-hydrogen) atoms. The predicted octanol–water partition coefficient (Wildman–Crippen LogP) is 3.48. The molecule has 1 aromatic carbocycles. The van der Waals surface area contributed by atoms with Crippen molar-refractivity contribution < 1.29 is 9.84 Å². The van der Waals surface area contributed by atoms with Gasteiger partial charge < -0.3 is 9.84 Å². The average molecular weight is 234 g/mol. The number of hydrogen-bond donors (Lipinski definition) is 1. The van der Waals surface area contributed by atoms with Crippen molar-refractivity contribution in [2.24, 2.45) is 5.92 Å². The van der Waals surface area contributed by atoms with Gasteiger partial charge in [0, 0.05) is 0 Å². The Morgan fingerprint density at radius 2 is 1.82 bits per heavy atom. The third kappa shape index (κ3) is 2.81. The van der Waals surface area contributed by atoms with Crippen LogP contribution in [-0.4, -0.2) is 11.7 Å². The van der Waals surface area contributed by atoms with Crippen LogP contribution in [0.3, 0.4) is 0 Å². The van der Waals surface area contributed by atoms with Gasteiger partial charge in [-0.15, -0.1) is 0 Å². The van der Waals surface area contributed by atoms with Crippen LogP contribution in [0.5, 0.6) is 5.75 Å². The van der Waals surface area contributed by atoms with Crippen LogP contribution in [0.1, 0.15) is 45.1 Å². The summed E-state index contributed by atoms with van der Waals surface area (Å²) >= 11 is 0. The number of aliphatic hydroxyl groups is 1. The smallest absolute Gasteiger partial charge is 0.119 e. The topological polar surface area (TPSA) is 29.5 Å². The van der Waals surface area contributed by atoms with E-state index in [-0.39, 0.29) is 0 Å². The molecule has 0 aromatic heterocycles. The summed E-state index contributed by atoms with van der Waals surface area (Å²) < 4.78 is 5.42. The highest BCUT2D eigenvalue weighted by molar-refractivity contribution is 5.31. The summed E-state index contributed by atoms with van der Waals surface area (Å²) in [6, 6.07) is 7.91. The predicted molar refractivity (Wildman–Crippen MR) is 69.1 cm³/mol. The molecule has 1 fully saturated rings. The molecule has 94 valence electrons. The monoisotopic (exact) mass is 234 g/mol. The molecular formula is C15H22O2. The van der Waals surface area contributed by atoms with Crippen LogP contribution in [0, 0.1) is 5.92 Å². The van der Waals surface area contributed by atoms with E-state index in [0.717, 1.165) is 42.9 Å². The summed E-state index contributed by atoms with van der Waals surface area (Å²) in [5.74, 6) is 1.63. The Morgan fingerprint density at radius 1 is 1.24 bits per heavy atom. The largest absolute Gasteiger partial charge is 0.494 e. The number of benzene rings is 1. The maximum absolute atomic E-state index is 10.6. The molecule has 1 aromatic rings. The van der Waals surface area contributed by atoms with Crippen LogP contribution in [0.25, 0.3) is 0 Å². The normalized spacial score (nSPS) is 29.0. The average Bonchev–Trinajstić information content (AvgIpc) is 2.35. The summed E-state index contributed by atoms with van der Waals surface area (Å²) in [5, 5.41) is 10.6. The molecule has 0 radical (unpaired) electrons. The fourth-order valence-corrected chi connectivity index (χ4v) is 2.56. The van der Waals surface area contributed by atoms with Crippen LogP contribution in [0.4, 0.5) is 0 Å². The zero-order valence-corrected chi connectivity index (χ0v) is 10.8. The van der Waals surface area contributed by atoms with E-state index in [2.05, 4.69) is 6.92 Å². The van der Waals surface area contributed by atoms with E-state index in [1.54, 1.807) is 0 Å². The number of rotatable bonds is 3. The van der Waals surface area contributed by atoms with Gasteiger partial charge in [-0.2, -0.15) is 0 Å². The molecule has 2 rings (SSSR count). The van der Waals surface area contributed by atoms with E-state index in [1.807, 2.05) is 31.2 Å². The van der Waals surface area contributed by atoms with E-state index < -0.39 is 5.60 Å². The van der Waals surface area contributed by atoms with Gasteiger partial charge in [0.25, 0.3) is 0 Å². The van der Waals surface area contributed by atoms with E-state index in [9.17, 15) is 5.11 Å². The Kier molecular flexibility index (Phi) is 3.72. The van der Waals surface area contributed by atoms with E-state index in [4.69, 9.17) is 4.74 Å². The van der Waals surface area contributed by atoms with Gasteiger partial charge >= 0.3 is 0 Å². The standard InChI is InChI=1S/C15H22O2/c1-3-17-14-6-4-13(5-7-14)15(16)10-8-12(2)9-11-15/h4-7,12,16H,3,8-11H2,1-2H3. The van der Waals surface area contributed by atoms with Crippen molar-refractivity contribution in [1.82, 2.24) is 0 Å². The van der Waals surface area contributed by atoms with Crippen molar-refractivity contribution in [3.8, 4) is 5.75 Å². The van der Waals surface area contributed by atoms with E-state index >= 15 is 0 Å². The Balaban J connectivity index is 2.10. The molecule has 2 nitrogen and oxygen atoms in total. The van der Waals surface area contributed by atoms with Crippen LogP contribution in [-0.2, 0) is 5.60 Å². The van der Waals surface area contributed by atoms with Crippen LogP contribution in [0.15, 0.2) is 24.3 Å². The van der Waals surface area contributed by atoms with Crippen molar-refractivity contribution in [2.45, 2.75) is 45.1 Å². The van der Waals surface area contributed by atoms with Crippen LogP contribution < -0.4 is 4.74 Å². The minimum absolute atomic E-state index is 0.614. The Bertz CT molecular complexity index is 348. The van der Waals surface area contributed by atoms with Crippen molar-refractivity contribution in [1.29, 1.82) is 0 Å². The first-order valence-corrected chi connectivity index (χ1v) is 6.60. The summed E-state index contributed by atoms with van der Waals surface area (Å²) in [4.78, 5) is 0. The molecule has 0 atom stereocenters. The van der Waals surface area contributed by atoms with E-state index in [1.165, 1.54) is 0 Å².